The molecule has 0 aliphatic heterocycles. The summed E-state index contributed by atoms with van der Waals surface area (Å²) >= 11 is 0. The maximum Gasteiger partial charge on any atom is 0.264 e. The van der Waals surface area contributed by atoms with Crippen LogP contribution in [-0.2, 0) is 4.79 Å². The van der Waals surface area contributed by atoms with E-state index in [2.05, 4.69) is 10.9 Å². The van der Waals surface area contributed by atoms with Crippen LogP contribution in [0.4, 0.5) is 0 Å². The van der Waals surface area contributed by atoms with Crippen LogP contribution in [-0.4, -0.2) is 11.6 Å². The van der Waals surface area contributed by atoms with Crippen molar-refractivity contribution in [1.82, 2.24) is 0 Å². The van der Waals surface area contributed by atoms with Gasteiger partial charge < -0.3 is 11.6 Å². The topological polar surface area (TPSA) is 81.5 Å². The Hall–Kier alpha value is -1.06. The van der Waals surface area contributed by atoms with Crippen molar-refractivity contribution >= 4 is 11.6 Å². The van der Waals surface area contributed by atoms with Crippen molar-refractivity contribution in [2.24, 2.45) is 16.7 Å². The summed E-state index contributed by atoms with van der Waals surface area (Å²) in [6.07, 6.45) is 0. The van der Waals surface area contributed by atoms with Crippen LogP contribution in [0.2, 0.25) is 0 Å². The highest BCUT2D eigenvalue weighted by atomic mass is 16.1. The fraction of sp³-hybridized carbons (Fsp3) is 0.333. The molecule has 1 amide bonds. The Morgan fingerprint density at radius 2 is 2.14 bits per heavy atom. The van der Waals surface area contributed by atoms with Crippen LogP contribution in [0.25, 0.3) is 0 Å². The average Bonchev–Trinajstić information content (AvgIpc) is 1.65. The Morgan fingerprint density at radius 1 is 1.71 bits per heavy atom. The molecule has 0 aliphatic rings. The van der Waals surface area contributed by atoms with Gasteiger partial charge in [0, 0.05) is 0 Å². The van der Waals surface area contributed by atoms with Crippen molar-refractivity contribution < 1.29 is 4.79 Å². The molecule has 4 heteroatoms. The Labute approximate surface area is 41.2 Å². The SMILES string of the molecule is C/C(=N\N)C(N)=O. The molecular formula is C3H7N3O. The molecule has 7 heavy (non-hydrogen) atoms. The Bertz CT molecular complexity index is 107. The molecule has 0 aromatic carbocycles. The van der Waals surface area contributed by atoms with Crippen molar-refractivity contribution in [3.05, 3.63) is 0 Å². The molecule has 0 aromatic rings. The predicted molar refractivity (Wildman–Crippen MR) is 26.5 cm³/mol. The van der Waals surface area contributed by atoms with Crippen LogP contribution in [0.1, 0.15) is 6.92 Å². The molecule has 0 rings (SSSR count). The minimum absolute atomic E-state index is 0.139. The Kier molecular flexibility index (Phi) is 1.84. The van der Waals surface area contributed by atoms with Crippen molar-refractivity contribution in [3.63, 3.8) is 0 Å². The summed E-state index contributed by atoms with van der Waals surface area (Å²) in [4.78, 5) is 9.94. The number of carbonyl (C=O) groups excluding carboxylic acids is 1. The lowest BCUT2D eigenvalue weighted by atomic mass is 10.4. The first-order valence-electron chi connectivity index (χ1n) is 1.72. The van der Waals surface area contributed by atoms with Gasteiger partial charge in [-0.3, -0.25) is 4.79 Å². The first-order chi connectivity index (χ1) is 3.18. The summed E-state index contributed by atoms with van der Waals surface area (Å²) in [6.45, 7) is 1.45. The second kappa shape index (κ2) is 2.17. The predicted octanol–water partition coefficient (Wildman–Crippen LogP) is -1.19. The summed E-state index contributed by atoms with van der Waals surface area (Å²) in [5.41, 5.74) is 4.84. The van der Waals surface area contributed by atoms with Gasteiger partial charge in [0.1, 0.15) is 5.71 Å². The van der Waals surface area contributed by atoms with Crippen molar-refractivity contribution in [2.45, 2.75) is 6.92 Å². The van der Waals surface area contributed by atoms with E-state index in [1.54, 1.807) is 0 Å². The maximum atomic E-state index is 9.94. The molecule has 0 aromatic heterocycles. The molecular weight excluding hydrogens is 94.1 g/mol. The van der Waals surface area contributed by atoms with Gasteiger partial charge in [0.2, 0.25) is 0 Å². The monoisotopic (exact) mass is 101 g/mol. The van der Waals surface area contributed by atoms with Crippen LogP contribution < -0.4 is 11.6 Å². The van der Waals surface area contributed by atoms with E-state index >= 15 is 0 Å². The highest BCUT2D eigenvalue weighted by Crippen LogP contribution is 1.64. The smallest absolute Gasteiger partial charge is 0.264 e. The first-order valence-corrected chi connectivity index (χ1v) is 1.72. The van der Waals surface area contributed by atoms with Crippen LogP contribution in [0.5, 0.6) is 0 Å². The number of carbonyl (C=O) groups is 1. The van der Waals surface area contributed by atoms with E-state index in [1.165, 1.54) is 6.92 Å². The van der Waals surface area contributed by atoms with Crippen LogP contribution in [0, 0.1) is 0 Å². The van der Waals surface area contributed by atoms with Gasteiger partial charge in [-0.05, 0) is 6.92 Å². The van der Waals surface area contributed by atoms with E-state index in [9.17, 15) is 4.79 Å². The fourth-order valence-electron chi connectivity index (χ4n) is 0.0636. The number of rotatable bonds is 1. The second-order valence-corrected chi connectivity index (χ2v) is 1.08. The third-order valence-corrected chi connectivity index (χ3v) is 0.550. The number of nitrogens with two attached hydrogens (primary N) is 2. The van der Waals surface area contributed by atoms with Crippen LogP contribution in [0.3, 0.4) is 0 Å². The summed E-state index contributed by atoms with van der Waals surface area (Å²) in [7, 11) is 0. The van der Waals surface area contributed by atoms with Gasteiger partial charge in [-0.25, -0.2) is 0 Å². The van der Waals surface area contributed by atoms with Gasteiger partial charge in [0.05, 0.1) is 0 Å². The third kappa shape index (κ3) is 1.75. The molecule has 0 unspecified atom stereocenters. The normalized spacial score (nSPS) is 11.3. The molecule has 0 heterocycles. The molecule has 4 nitrogen and oxygen atoms in total. The minimum Gasteiger partial charge on any atom is -0.365 e. The van der Waals surface area contributed by atoms with Gasteiger partial charge in [-0.1, -0.05) is 0 Å². The lowest BCUT2D eigenvalue weighted by Gasteiger charge is -1.84. The van der Waals surface area contributed by atoms with Crippen LogP contribution in [0.15, 0.2) is 5.10 Å². The zero-order chi connectivity index (χ0) is 5.86. The number of amides is 1. The average molecular weight is 101 g/mol. The van der Waals surface area contributed by atoms with E-state index in [0.29, 0.717) is 0 Å². The van der Waals surface area contributed by atoms with E-state index in [0.717, 1.165) is 0 Å². The zero-order valence-corrected chi connectivity index (χ0v) is 4.01. The number of hydrogen-bond donors (Lipinski definition) is 2. The molecule has 0 spiro atoms. The fourth-order valence-corrected chi connectivity index (χ4v) is 0.0636. The number of nitrogens with zero attached hydrogens (tertiary/aromatic N) is 1. The molecule has 4 N–H and O–H groups in total. The van der Waals surface area contributed by atoms with E-state index in [-0.39, 0.29) is 5.71 Å². The Balaban J connectivity index is 3.82. The molecule has 0 fully saturated rings. The molecule has 0 saturated carbocycles. The third-order valence-electron chi connectivity index (χ3n) is 0.550. The van der Waals surface area contributed by atoms with Crippen molar-refractivity contribution in [3.8, 4) is 0 Å². The second-order valence-electron chi connectivity index (χ2n) is 1.08. The van der Waals surface area contributed by atoms with Crippen molar-refractivity contribution in [1.29, 1.82) is 0 Å². The molecule has 0 aliphatic carbocycles. The lowest BCUT2D eigenvalue weighted by molar-refractivity contribution is -0.112. The maximum absolute atomic E-state index is 9.94. The highest BCUT2D eigenvalue weighted by molar-refractivity contribution is 6.37. The number of hydrogen-bond acceptors (Lipinski definition) is 3. The summed E-state index contributed by atoms with van der Waals surface area (Å²) in [5, 5.41) is 3.03. The summed E-state index contributed by atoms with van der Waals surface area (Å²) in [5.74, 6) is 4.08. The Morgan fingerprint density at radius 3 is 2.14 bits per heavy atom. The molecule has 0 saturated heterocycles. The molecule has 0 atom stereocenters. The first kappa shape index (κ1) is 5.94. The zero-order valence-electron chi connectivity index (χ0n) is 4.01. The molecule has 40 valence electrons. The van der Waals surface area contributed by atoms with E-state index in [4.69, 9.17) is 5.73 Å². The number of hydrazone groups is 1. The number of primary amides is 1. The quantitative estimate of drug-likeness (QED) is 0.247. The van der Waals surface area contributed by atoms with Gasteiger partial charge in [-0.15, -0.1) is 0 Å². The summed E-state index contributed by atoms with van der Waals surface area (Å²) in [6, 6.07) is 0. The van der Waals surface area contributed by atoms with Gasteiger partial charge >= 0.3 is 0 Å². The molecule has 0 radical (unpaired) electrons. The van der Waals surface area contributed by atoms with Gasteiger partial charge in [0.15, 0.2) is 0 Å². The lowest BCUT2D eigenvalue weighted by Crippen LogP contribution is -2.21. The highest BCUT2D eigenvalue weighted by Gasteiger charge is 1.93. The van der Waals surface area contributed by atoms with Gasteiger partial charge in [0.25, 0.3) is 5.91 Å². The standard InChI is InChI=1S/C3H7N3O/c1-2(6-5)3(4)7/h5H2,1H3,(H2,4,7)/b6-2+. The van der Waals surface area contributed by atoms with Crippen molar-refractivity contribution in [2.75, 3.05) is 0 Å². The molecule has 0 bridgehead atoms. The van der Waals surface area contributed by atoms with E-state index < -0.39 is 5.91 Å². The summed E-state index contributed by atoms with van der Waals surface area (Å²) < 4.78 is 0. The van der Waals surface area contributed by atoms with Crippen LogP contribution >= 0.6 is 0 Å². The van der Waals surface area contributed by atoms with E-state index in [1.807, 2.05) is 0 Å². The largest absolute Gasteiger partial charge is 0.365 e. The van der Waals surface area contributed by atoms with Gasteiger partial charge in [-0.2, -0.15) is 5.10 Å². The minimum atomic E-state index is -0.581.